The summed E-state index contributed by atoms with van der Waals surface area (Å²) in [6.45, 7) is 1.09. The van der Waals surface area contributed by atoms with Gasteiger partial charge in [0.05, 0.1) is 10.9 Å². The standard InChI is InChI=1S/C14H19N5O3.2ClH/c1-18-11-10(13(21)19(2)14(18)22)7-9(8-17-11)12(20)16-6-4-3-5-15;;/h7-8H,3-6,15H2,1-2H3,(H,16,20);2*1H. The van der Waals surface area contributed by atoms with Gasteiger partial charge in [0.1, 0.15) is 5.65 Å². The zero-order valence-corrected chi connectivity index (χ0v) is 15.1. The minimum absolute atomic E-state index is 0. The smallest absolute Gasteiger partial charge is 0.332 e. The van der Waals surface area contributed by atoms with Gasteiger partial charge in [-0.3, -0.25) is 18.7 Å². The Labute approximate surface area is 150 Å². The number of halogens is 2. The van der Waals surface area contributed by atoms with Crippen LogP contribution in [0.25, 0.3) is 11.0 Å². The fraction of sp³-hybridized carbons (Fsp3) is 0.429. The van der Waals surface area contributed by atoms with Gasteiger partial charge >= 0.3 is 5.69 Å². The van der Waals surface area contributed by atoms with Crippen molar-refractivity contribution in [3.05, 3.63) is 38.7 Å². The third-order valence-electron chi connectivity index (χ3n) is 3.47. The number of fused-ring (bicyclic) bond motifs is 1. The summed E-state index contributed by atoms with van der Waals surface area (Å²) in [5.41, 5.74) is 5.01. The first-order valence-corrected chi connectivity index (χ1v) is 7.01. The Bertz CT molecular complexity index is 831. The molecule has 8 nitrogen and oxygen atoms in total. The van der Waals surface area contributed by atoms with Gasteiger partial charge in [0, 0.05) is 26.8 Å². The second-order valence-electron chi connectivity index (χ2n) is 5.05. The number of aromatic nitrogens is 3. The summed E-state index contributed by atoms with van der Waals surface area (Å²) in [7, 11) is 2.92. The summed E-state index contributed by atoms with van der Waals surface area (Å²) in [4.78, 5) is 40.1. The molecule has 3 N–H and O–H groups in total. The molecule has 134 valence electrons. The first-order chi connectivity index (χ1) is 10.5. The predicted octanol–water partition coefficient (Wildman–Crippen LogP) is -0.0555. The lowest BCUT2D eigenvalue weighted by molar-refractivity contribution is 0.0953. The predicted molar refractivity (Wildman–Crippen MR) is 97.3 cm³/mol. The quantitative estimate of drug-likeness (QED) is 0.709. The molecule has 0 fully saturated rings. The van der Waals surface area contributed by atoms with Crippen LogP contribution in [0.4, 0.5) is 0 Å². The minimum Gasteiger partial charge on any atom is -0.352 e. The molecule has 0 spiro atoms. The molecular formula is C14H21Cl2N5O3. The molecule has 2 heterocycles. The van der Waals surface area contributed by atoms with Gasteiger partial charge in [-0.1, -0.05) is 0 Å². The van der Waals surface area contributed by atoms with Gasteiger partial charge in [-0.25, -0.2) is 9.78 Å². The summed E-state index contributed by atoms with van der Waals surface area (Å²) < 4.78 is 2.27. The van der Waals surface area contributed by atoms with Crippen LogP contribution in [0.3, 0.4) is 0 Å². The number of aryl methyl sites for hydroxylation is 1. The first kappa shape index (κ1) is 22.1. The second-order valence-corrected chi connectivity index (χ2v) is 5.05. The largest absolute Gasteiger partial charge is 0.352 e. The molecule has 0 aliphatic heterocycles. The van der Waals surface area contributed by atoms with Crippen molar-refractivity contribution in [2.45, 2.75) is 12.8 Å². The highest BCUT2D eigenvalue weighted by Crippen LogP contribution is 2.07. The molecule has 0 aliphatic rings. The number of nitrogens with two attached hydrogens (primary N) is 1. The Morgan fingerprint density at radius 2 is 1.88 bits per heavy atom. The number of carbonyl (C=O) groups excluding carboxylic acids is 1. The number of pyridine rings is 1. The Kier molecular flexibility index (Phi) is 8.66. The van der Waals surface area contributed by atoms with Crippen molar-refractivity contribution in [3.8, 4) is 0 Å². The Balaban J connectivity index is 0.00000264. The number of nitrogens with one attached hydrogen (secondary N) is 1. The van der Waals surface area contributed by atoms with E-state index >= 15 is 0 Å². The fourth-order valence-corrected chi connectivity index (χ4v) is 2.16. The number of amides is 1. The van der Waals surface area contributed by atoms with E-state index in [-0.39, 0.29) is 47.3 Å². The molecule has 0 radical (unpaired) electrons. The summed E-state index contributed by atoms with van der Waals surface area (Å²) in [5, 5.41) is 2.98. The summed E-state index contributed by atoms with van der Waals surface area (Å²) in [5.74, 6) is -0.303. The lowest BCUT2D eigenvalue weighted by Crippen LogP contribution is -2.37. The summed E-state index contributed by atoms with van der Waals surface area (Å²) in [6, 6.07) is 1.46. The molecular weight excluding hydrogens is 357 g/mol. The van der Waals surface area contributed by atoms with E-state index in [1.165, 1.54) is 30.9 Å². The maximum absolute atomic E-state index is 12.1. The Morgan fingerprint density at radius 3 is 2.50 bits per heavy atom. The summed E-state index contributed by atoms with van der Waals surface area (Å²) in [6.07, 6.45) is 2.98. The van der Waals surface area contributed by atoms with Crippen LogP contribution in [0.2, 0.25) is 0 Å². The number of carbonyl (C=O) groups is 1. The SMILES string of the molecule is Cl.Cl.Cn1c(=O)c2cc(C(=O)NCCCCN)cnc2n(C)c1=O. The molecule has 0 aromatic carbocycles. The molecule has 0 unspecified atom stereocenters. The fourth-order valence-electron chi connectivity index (χ4n) is 2.16. The molecule has 2 aromatic heterocycles. The zero-order valence-electron chi connectivity index (χ0n) is 13.4. The van der Waals surface area contributed by atoms with E-state index in [0.29, 0.717) is 13.1 Å². The van der Waals surface area contributed by atoms with Gasteiger partial charge in [-0.2, -0.15) is 0 Å². The van der Waals surface area contributed by atoms with Crippen LogP contribution >= 0.6 is 24.8 Å². The van der Waals surface area contributed by atoms with Crippen LogP contribution < -0.4 is 22.3 Å². The third kappa shape index (κ3) is 4.34. The van der Waals surface area contributed by atoms with Crippen molar-refractivity contribution in [1.82, 2.24) is 19.4 Å². The van der Waals surface area contributed by atoms with Gasteiger partial charge in [-0.05, 0) is 25.5 Å². The molecule has 2 rings (SSSR count). The van der Waals surface area contributed by atoms with Crippen molar-refractivity contribution < 1.29 is 4.79 Å². The highest BCUT2D eigenvalue weighted by atomic mass is 35.5. The van der Waals surface area contributed by atoms with Crippen molar-refractivity contribution in [2.24, 2.45) is 19.8 Å². The van der Waals surface area contributed by atoms with E-state index in [1.54, 1.807) is 0 Å². The molecule has 0 aliphatic carbocycles. The van der Waals surface area contributed by atoms with E-state index in [9.17, 15) is 14.4 Å². The van der Waals surface area contributed by atoms with E-state index in [4.69, 9.17) is 5.73 Å². The van der Waals surface area contributed by atoms with Crippen LogP contribution in [0.1, 0.15) is 23.2 Å². The van der Waals surface area contributed by atoms with Gasteiger partial charge < -0.3 is 11.1 Å². The van der Waals surface area contributed by atoms with E-state index in [2.05, 4.69) is 10.3 Å². The average Bonchev–Trinajstić information content (AvgIpc) is 2.54. The molecule has 0 saturated heterocycles. The maximum Gasteiger partial charge on any atom is 0.332 e. The van der Waals surface area contributed by atoms with Gasteiger partial charge in [0.25, 0.3) is 11.5 Å². The number of rotatable bonds is 5. The van der Waals surface area contributed by atoms with E-state index in [1.807, 2.05) is 0 Å². The zero-order chi connectivity index (χ0) is 16.3. The Morgan fingerprint density at radius 1 is 1.21 bits per heavy atom. The van der Waals surface area contributed by atoms with Crippen molar-refractivity contribution in [2.75, 3.05) is 13.1 Å². The monoisotopic (exact) mass is 377 g/mol. The molecule has 0 atom stereocenters. The number of nitrogens with zero attached hydrogens (tertiary/aromatic N) is 3. The topological polar surface area (TPSA) is 112 Å². The summed E-state index contributed by atoms with van der Waals surface area (Å²) >= 11 is 0. The number of hydrogen-bond acceptors (Lipinski definition) is 5. The maximum atomic E-state index is 12.1. The molecule has 10 heteroatoms. The van der Waals surface area contributed by atoms with Crippen LogP contribution in [0, 0.1) is 0 Å². The molecule has 24 heavy (non-hydrogen) atoms. The lowest BCUT2D eigenvalue weighted by atomic mass is 10.2. The van der Waals surface area contributed by atoms with Gasteiger partial charge in [-0.15, -0.1) is 24.8 Å². The van der Waals surface area contributed by atoms with Crippen molar-refractivity contribution >= 4 is 41.8 Å². The van der Waals surface area contributed by atoms with E-state index < -0.39 is 11.2 Å². The first-order valence-electron chi connectivity index (χ1n) is 7.01. The van der Waals surface area contributed by atoms with Crippen molar-refractivity contribution in [1.29, 1.82) is 0 Å². The lowest BCUT2D eigenvalue weighted by Gasteiger charge is -2.08. The second kappa shape index (κ2) is 9.41. The van der Waals surface area contributed by atoms with Crippen LogP contribution in [0.5, 0.6) is 0 Å². The van der Waals surface area contributed by atoms with Crippen LogP contribution in [-0.4, -0.2) is 33.1 Å². The van der Waals surface area contributed by atoms with Crippen LogP contribution in [-0.2, 0) is 14.1 Å². The number of hydrogen-bond donors (Lipinski definition) is 2. The normalized spacial score (nSPS) is 9.96. The molecule has 0 bridgehead atoms. The molecule has 0 saturated carbocycles. The highest BCUT2D eigenvalue weighted by Gasteiger charge is 2.13. The molecule has 1 amide bonds. The average molecular weight is 378 g/mol. The number of unbranched alkanes of at least 4 members (excludes halogenated alkanes) is 1. The Hall–Kier alpha value is -1.90. The van der Waals surface area contributed by atoms with Crippen LogP contribution in [0.15, 0.2) is 21.9 Å². The van der Waals surface area contributed by atoms with Gasteiger partial charge in [0.2, 0.25) is 0 Å². The molecule has 2 aromatic rings. The third-order valence-corrected chi connectivity index (χ3v) is 3.47. The minimum atomic E-state index is -0.469. The van der Waals surface area contributed by atoms with E-state index in [0.717, 1.165) is 17.4 Å². The van der Waals surface area contributed by atoms with Crippen molar-refractivity contribution in [3.63, 3.8) is 0 Å². The highest BCUT2D eigenvalue weighted by molar-refractivity contribution is 5.96. The van der Waals surface area contributed by atoms with Gasteiger partial charge in [0.15, 0.2) is 0 Å².